The van der Waals surface area contributed by atoms with E-state index in [4.69, 9.17) is 0 Å². The summed E-state index contributed by atoms with van der Waals surface area (Å²) in [6.45, 7) is 0. The first kappa shape index (κ1) is 7.05. The van der Waals surface area contributed by atoms with Crippen molar-refractivity contribution >= 4 is 45.2 Å². The Morgan fingerprint density at radius 1 is 1.38 bits per heavy atom. The van der Waals surface area contributed by atoms with Crippen molar-refractivity contribution in [3.05, 3.63) is 19.3 Å². The van der Waals surface area contributed by atoms with Crippen molar-refractivity contribution in [3.8, 4) is 0 Å². The Bertz CT molecular complexity index is 145. The molecular weight excluding hydrogens is 326 g/mol. The van der Waals surface area contributed by atoms with Gasteiger partial charge in [0, 0.05) is 7.16 Å². The van der Waals surface area contributed by atoms with Gasteiger partial charge in [-0.15, -0.1) is 0 Å². The van der Waals surface area contributed by atoms with E-state index in [9.17, 15) is 0 Å². The Morgan fingerprint density at radius 2 is 2.12 bits per heavy atom. The smallest absolute Gasteiger partial charge is 0.0219 e. The summed E-state index contributed by atoms with van der Waals surface area (Å²) in [6, 6.07) is 0. The molecule has 0 bridgehead atoms. The Hall–Kier alpha value is 0.940. The molecule has 0 aromatic rings. The maximum atomic E-state index is 2.40. The van der Waals surface area contributed by atoms with Crippen LogP contribution < -0.4 is 0 Å². The zero-order chi connectivity index (χ0) is 5.98. The molecule has 0 saturated carbocycles. The van der Waals surface area contributed by atoms with Crippen LogP contribution in [0, 0.1) is 0 Å². The SMILES string of the molecule is IC1=C(I)CCC=C1. The van der Waals surface area contributed by atoms with Gasteiger partial charge in [0.2, 0.25) is 0 Å². The molecule has 1 aliphatic rings. The first-order valence-corrected chi connectivity index (χ1v) is 4.67. The topological polar surface area (TPSA) is 0 Å². The number of allylic oxidation sites excluding steroid dienone is 4. The molecule has 1 rings (SSSR count). The molecule has 0 nitrogen and oxygen atoms in total. The molecule has 0 heterocycles. The van der Waals surface area contributed by atoms with Crippen LogP contribution in [0.5, 0.6) is 0 Å². The van der Waals surface area contributed by atoms with E-state index in [1.807, 2.05) is 0 Å². The van der Waals surface area contributed by atoms with Gasteiger partial charge in [0.05, 0.1) is 0 Å². The van der Waals surface area contributed by atoms with Crippen molar-refractivity contribution in [2.24, 2.45) is 0 Å². The van der Waals surface area contributed by atoms with Crippen LogP contribution in [0.2, 0.25) is 0 Å². The van der Waals surface area contributed by atoms with Crippen LogP contribution in [0.4, 0.5) is 0 Å². The quantitative estimate of drug-likeness (QED) is 0.597. The van der Waals surface area contributed by atoms with Crippen LogP contribution in [0.25, 0.3) is 0 Å². The molecule has 0 radical (unpaired) electrons. The Labute approximate surface area is 76.7 Å². The first-order chi connectivity index (χ1) is 3.80. The molecule has 0 spiro atoms. The zero-order valence-electron chi connectivity index (χ0n) is 4.32. The van der Waals surface area contributed by atoms with Crippen molar-refractivity contribution in [2.45, 2.75) is 12.8 Å². The predicted octanol–water partition coefficient (Wildman–Crippen LogP) is 3.42. The Morgan fingerprint density at radius 3 is 2.50 bits per heavy atom. The summed E-state index contributed by atoms with van der Waals surface area (Å²) in [5, 5.41) is 0. The minimum atomic E-state index is 1.23. The van der Waals surface area contributed by atoms with E-state index in [1.165, 1.54) is 20.0 Å². The highest BCUT2D eigenvalue weighted by Crippen LogP contribution is 2.28. The third kappa shape index (κ3) is 1.72. The van der Waals surface area contributed by atoms with Crippen molar-refractivity contribution in [3.63, 3.8) is 0 Å². The lowest BCUT2D eigenvalue weighted by Gasteiger charge is -2.02. The summed E-state index contributed by atoms with van der Waals surface area (Å²) >= 11 is 4.77. The van der Waals surface area contributed by atoms with Crippen LogP contribution in [-0.2, 0) is 0 Å². The van der Waals surface area contributed by atoms with E-state index in [0.717, 1.165) is 0 Å². The molecule has 0 saturated heterocycles. The van der Waals surface area contributed by atoms with Gasteiger partial charge in [0.1, 0.15) is 0 Å². The molecule has 8 heavy (non-hydrogen) atoms. The number of rotatable bonds is 0. The van der Waals surface area contributed by atoms with E-state index in [1.54, 1.807) is 0 Å². The third-order valence-corrected chi connectivity index (χ3v) is 4.22. The highest BCUT2D eigenvalue weighted by Gasteiger charge is 1.99. The first-order valence-electron chi connectivity index (χ1n) is 2.51. The van der Waals surface area contributed by atoms with Crippen molar-refractivity contribution < 1.29 is 0 Å². The van der Waals surface area contributed by atoms with Gasteiger partial charge in [-0.05, 0) is 58.0 Å². The lowest BCUT2D eigenvalue weighted by atomic mass is 10.2. The molecule has 0 N–H and O–H groups in total. The van der Waals surface area contributed by atoms with Crippen molar-refractivity contribution in [2.75, 3.05) is 0 Å². The van der Waals surface area contributed by atoms with Gasteiger partial charge in [-0.3, -0.25) is 0 Å². The molecule has 0 amide bonds. The van der Waals surface area contributed by atoms with E-state index in [2.05, 4.69) is 57.3 Å². The molecule has 0 unspecified atom stereocenters. The lowest BCUT2D eigenvalue weighted by molar-refractivity contribution is 1.03. The maximum absolute atomic E-state index is 2.40. The highest BCUT2D eigenvalue weighted by atomic mass is 127. The van der Waals surface area contributed by atoms with E-state index < -0.39 is 0 Å². The predicted molar refractivity (Wildman–Crippen MR) is 53.4 cm³/mol. The summed E-state index contributed by atoms with van der Waals surface area (Å²) in [4.78, 5) is 0. The van der Waals surface area contributed by atoms with Crippen LogP contribution in [0.1, 0.15) is 12.8 Å². The molecule has 44 valence electrons. The summed E-state index contributed by atoms with van der Waals surface area (Å²) in [5.41, 5.74) is 0. The molecule has 0 aromatic carbocycles. The summed E-state index contributed by atoms with van der Waals surface area (Å²) in [6.07, 6.45) is 6.88. The Kier molecular flexibility index (Phi) is 2.82. The average molecular weight is 332 g/mol. The van der Waals surface area contributed by atoms with E-state index >= 15 is 0 Å². The van der Waals surface area contributed by atoms with Gasteiger partial charge in [-0.25, -0.2) is 0 Å². The van der Waals surface area contributed by atoms with Gasteiger partial charge < -0.3 is 0 Å². The minimum absolute atomic E-state index is 1.23. The second-order valence-electron chi connectivity index (χ2n) is 1.69. The summed E-state index contributed by atoms with van der Waals surface area (Å²) < 4.78 is 2.92. The third-order valence-electron chi connectivity index (χ3n) is 1.05. The molecular formula is C6H6I2. The lowest BCUT2D eigenvalue weighted by Crippen LogP contribution is -1.80. The van der Waals surface area contributed by atoms with Gasteiger partial charge >= 0.3 is 0 Å². The van der Waals surface area contributed by atoms with Crippen LogP contribution in [-0.4, -0.2) is 0 Å². The second kappa shape index (κ2) is 3.20. The van der Waals surface area contributed by atoms with E-state index in [-0.39, 0.29) is 0 Å². The van der Waals surface area contributed by atoms with Gasteiger partial charge in [0.25, 0.3) is 0 Å². The van der Waals surface area contributed by atoms with Crippen molar-refractivity contribution in [1.29, 1.82) is 0 Å². The van der Waals surface area contributed by atoms with Crippen LogP contribution in [0.15, 0.2) is 19.3 Å². The largest absolute Gasteiger partial charge is 0.0831 e. The molecule has 0 atom stereocenters. The van der Waals surface area contributed by atoms with Gasteiger partial charge in [-0.2, -0.15) is 0 Å². The summed E-state index contributed by atoms with van der Waals surface area (Å²) in [5.74, 6) is 0. The number of hydrogen-bond donors (Lipinski definition) is 0. The normalized spacial score (nSPS) is 19.8. The standard InChI is InChI=1S/C6H6I2/c7-5-3-1-2-4-6(5)8/h1,3H,2,4H2. The number of hydrogen-bond acceptors (Lipinski definition) is 0. The molecule has 1 aliphatic carbocycles. The van der Waals surface area contributed by atoms with Crippen LogP contribution in [0.3, 0.4) is 0 Å². The molecule has 0 fully saturated rings. The van der Waals surface area contributed by atoms with Gasteiger partial charge in [-0.1, -0.05) is 12.2 Å². The Balaban J connectivity index is 2.76. The highest BCUT2D eigenvalue weighted by molar-refractivity contribution is 14.1. The zero-order valence-corrected chi connectivity index (χ0v) is 8.64. The number of halogens is 2. The minimum Gasteiger partial charge on any atom is -0.0831 e. The van der Waals surface area contributed by atoms with E-state index in [0.29, 0.717) is 0 Å². The fourth-order valence-electron chi connectivity index (χ4n) is 0.607. The fraction of sp³-hybridized carbons (Fsp3) is 0.333. The monoisotopic (exact) mass is 332 g/mol. The average Bonchev–Trinajstić information content (AvgIpc) is 1.77. The molecule has 0 aromatic heterocycles. The molecule has 2 heteroatoms. The maximum Gasteiger partial charge on any atom is 0.0219 e. The van der Waals surface area contributed by atoms with Crippen molar-refractivity contribution in [1.82, 2.24) is 0 Å². The fourth-order valence-corrected chi connectivity index (χ4v) is 1.62. The second-order valence-corrected chi connectivity index (χ2v) is 4.16. The summed E-state index contributed by atoms with van der Waals surface area (Å²) in [7, 11) is 0. The molecule has 0 aliphatic heterocycles. The van der Waals surface area contributed by atoms with Crippen LogP contribution >= 0.6 is 45.2 Å². The van der Waals surface area contributed by atoms with Gasteiger partial charge in [0.15, 0.2) is 0 Å².